The normalized spacial score (nSPS) is 11.0. The largest absolute Gasteiger partial charge is 0.383 e. The minimum absolute atomic E-state index is 0.133. The molecule has 0 radical (unpaired) electrons. The van der Waals surface area contributed by atoms with E-state index < -0.39 is 0 Å². The molecule has 4 aromatic heterocycles. The maximum atomic E-state index is 12.6. The van der Waals surface area contributed by atoms with E-state index >= 15 is 0 Å². The van der Waals surface area contributed by atoms with Crippen molar-refractivity contribution < 1.29 is 9.53 Å². The van der Waals surface area contributed by atoms with E-state index in [1.54, 1.807) is 25.7 Å². The van der Waals surface area contributed by atoms with Gasteiger partial charge in [0.2, 0.25) is 0 Å². The molecule has 0 aliphatic rings. The molecule has 0 aromatic carbocycles. The highest BCUT2D eigenvalue weighted by molar-refractivity contribution is 7.13. The first-order valence-corrected chi connectivity index (χ1v) is 9.25. The van der Waals surface area contributed by atoms with E-state index in [9.17, 15) is 4.79 Å². The first-order valence-electron chi connectivity index (χ1n) is 8.37. The van der Waals surface area contributed by atoms with E-state index in [1.807, 2.05) is 40.2 Å². The van der Waals surface area contributed by atoms with Crippen molar-refractivity contribution in [2.75, 3.05) is 20.3 Å². The average Bonchev–Trinajstić information content (AvgIpc) is 3.34. The first-order chi connectivity index (χ1) is 13.3. The zero-order valence-electron chi connectivity index (χ0n) is 14.6. The number of fused-ring (bicyclic) bond motifs is 1. The number of aromatic nitrogens is 4. The van der Waals surface area contributed by atoms with Crippen LogP contribution in [0.4, 0.5) is 0 Å². The van der Waals surface area contributed by atoms with Gasteiger partial charge in [-0.05, 0) is 18.2 Å². The molecule has 4 rings (SSSR count). The SMILES string of the molecule is COCCNC(=O)c1cc(-c2csc(-c3cnccn3)n2)n2ccccc12. The number of pyridine rings is 1. The van der Waals surface area contributed by atoms with Crippen LogP contribution in [0.15, 0.2) is 54.4 Å². The standard InChI is InChI=1S/C19H17N5O2S/c1-26-9-7-22-18(25)13-10-17(24-8-3-2-4-16(13)24)15-12-27-19(23-15)14-11-20-5-6-21-14/h2-6,8,10-12H,7,9H2,1H3,(H,22,25). The number of ether oxygens (including phenoxy) is 1. The lowest BCUT2D eigenvalue weighted by atomic mass is 10.2. The summed E-state index contributed by atoms with van der Waals surface area (Å²) >= 11 is 1.50. The summed E-state index contributed by atoms with van der Waals surface area (Å²) in [6.45, 7) is 0.931. The van der Waals surface area contributed by atoms with Crippen LogP contribution in [0, 0.1) is 0 Å². The van der Waals surface area contributed by atoms with Crippen molar-refractivity contribution in [2.45, 2.75) is 0 Å². The lowest BCUT2D eigenvalue weighted by molar-refractivity contribution is 0.0939. The Morgan fingerprint density at radius 1 is 1.30 bits per heavy atom. The molecule has 4 heterocycles. The van der Waals surface area contributed by atoms with Crippen LogP contribution in [-0.4, -0.2) is 45.5 Å². The van der Waals surface area contributed by atoms with E-state index in [0.717, 1.165) is 27.6 Å². The van der Waals surface area contributed by atoms with Gasteiger partial charge in [0, 0.05) is 37.6 Å². The molecule has 0 spiro atoms. The predicted octanol–water partition coefficient (Wildman–Crippen LogP) is 2.90. The highest BCUT2D eigenvalue weighted by Gasteiger charge is 2.18. The van der Waals surface area contributed by atoms with Crippen LogP contribution in [0.1, 0.15) is 10.4 Å². The summed E-state index contributed by atoms with van der Waals surface area (Å²) in [6, 6.07) is 7.63. The van der Waals surface area contributed by atoms with Crippen LogP contribution in [0.2, 0.25) is 0 Å². The van der Waals surface area contributed by atoms with Gasteiger partial charge in [0.25, 0.3) is 5.91 Å². The Kier molecular flexibility index (Phi) is 4.91. The molecule has 1 amide bonds. The molecule has 136 valence electrons. The molecule has 1 N–H and O–H groups in total. The number of amides is 1. The number of hydrogen-bond donors (Lipinski definition) is 1. The third-order valence-corrected chi connectivity index (χ3v) is 4.93. The summed E-state index contributed by atoms with van der Waals surface area (Å²) in [5, 5.41) is 5.63. The van der Waals surface area contributed by atoms with Crippen LogP contribution in [0.5, 0.6) is 0 Å². The Balaban J connectivity index is 1.73. The Hall–Kier alpha value is -3.10. The van der Waals surface area contributed by atoms with Gasteiger partial charge in [-0.2, -0.15) is 0 Å². The monoisotopic (exact) mass is 379 g/mol. The topological polar surface area (TPSA) is 81.4 Å². The van der Waals surface area contributed by atoms with Gasteiger partial charge < -0.3 is 14.5 Å². The third-order valence-electron chi connectivity index (χ3n) is 4.06. The van der Waals surface area contributed by atoms with Gasteiger partial charge in [-0.25, -0.2) is 4.98 Å². The number of nitrogens with one attached hydrogen (secondary N) is 1. The summed E-state index contributed by atoms with van der Waals surface area (Å²) in [6.07, 6.45) is 6.89. The van der Waals surface area contributed by atoms with Crippen molar-refractivity contribution in [3.63, 3.8) is 0 Å². The van der Waals surface area contributed by atoms with Crippen molar-refractivity contribution in [3.8, 4) is 22.1 Å². The average molecular weight is 379 g/mol. The fraction of sp³-hybridized carbons (Fsp3) is 0.158. The predicted molar refractivity (Wildman–Crippen MR) is 104 cm³/mol. The van der Waals surface area contributed by atoms with E-state index in [0.29, 0.717) is 18.7 Å². The minimum Gasteiger partial charge on any atom is -0.383 e. The number of methoxy groups -OCH3 is 1. The Morgan fingerprint density at radius 2 is 2.22 bits per heavy atom. The zero-order valence-corrected chi connectivity index (χ0v) is 15.4. The molecular weight excluding hydrogens is 362 g/mol. The lowest BCUT2D eigenvalue weighted by Gasteiger charge is -2.03. The van der Waals surface area contributed by atoms with Crippen LogP contribution >= 0.6 is 11.3 Å². The van der Waals surface area contributed by atoms with E-state index in [4.69, 9.17) is 9.72 Å². The number of carbonyl (C=O) groups excluding carboxylic acids is 1. The van der Waals surface area contributed by atoms with E-state index in [-0.39, 0.29) is 5.91 Å². The van der Waals surface area contributed by atoms with Gasteiger partial charge in [-0.3, -0.25) is 14.8 Å². The van der Waals surface area contributed by atoms with Gasteiger partial charge in [-0.15, -0.1) is 11.3 Å². The summed E-state index contributed by atoms with van der Waals surface area (Å²) in [5.41, 5.74) is 3.81. The highest BCUT2D eigenvalue weighted by Crippen LogP contribution is 2.30. The second-order valence-corrected chi connectivity index (χ2v) is 6.63. The quantitative estimate of drug-likeness (QED) is 0.521. The summed E-state index contributed by atoms with van der Waals surface area (Å²) in [5.74, 6) is -0.133. The van der Waals surface area contributed by atoms with Crippen LogP contribution in [0.3, 0.4) is 0 Å². The summed E-state index contributed by atoms with van der Waals surface area (Å²) in [7, 11) is 1.61. The summed E-state index contributed by atoms with van der Waals surface area (Å²) in [4.78, 5) is 25.7. The molecule has 0 atom stereocenters. The smallest absolute Gasteiger partial charge is 0.253 e. The van der Waals surface area contributed by atoms with Gasteiger partial charge in [0.1, 0.15) is 10.7 Å². The Bertz CT molecular complexity index is 1070. The van der Waals surface area contributed by atoms with E-state index in [1.165, 1.54) is 11.3 Å². The number of rotatable bonds is 6. The van der Waals surface area contributed by atoms with Gasteiger partial charge in [0.15, 0.2) is 0 Å². The second-order valence-electron chi connectivity index (χ2n) is 5.78. The molecule has 27 heavy (non-hydrogen) atoms. The molecular formula is C19H17N5O2S. The van der Waals surface area contributed by atoms with Crippen LogP contribution in [-0.2, 0) is 4.74 Å². The van der Waals surface area contributed by atoms with Crippen molar-refractivity contribution in [1.29, 1.82) is 0 Å². The van der Waals surface area contributed by atoms with E-state index in [2.05, 4.69) is 15.3 Å². The zero-order chi connectivity index (χ0) is 18.6. The molecule has 0 bridgehead atoms. The summed E-state index contributed by atoms with van der Waals surface area (Å²) < 4.78 is 6.97. The fourth-order valence-corrected chi connectivity index (χ4v) is 3.59. The van der Waals surface area contributed by atoms with Crippen LogP contribution < -0.4 is 5.32 Å². The number of nitrogens with zero attached hydrogens (tertiary/aromatic N) is 4. The second kappa shape index (κ2) is 7.65. The number of carbonyl (C=O) groups is 1. The van der Waals surface area contributed by atoms with Crippen molar-refractivity contribution in [3.05, 3.63) is 60.0 Å². The van der Waals surface area contributed by atoms with Gasteiger partial charge in [0.05, 0.1) is 35.3 Å². The maximum absolute atomic E-state index is 12.6. The van der Waals surface area contributed by atoms with Crippen LogP contribution in [0.25, 0.3) is 27.6 Å². The molecule has 7 nitrogen and oxygen atoms in total. The molecule has 0 fully saturated rings. The lowest BCUT2D eigenvalue weighted by Crippen LogP contribution is -2.26. The minimum atomic E-state index is -0.133. The molecule has 0 unspecified atom stereocenters. The molecule has 8 heteroatoms. The molecule has 0 aliphatic carbocycles. The fourth-order valence-electron chi connectivity index (χ4n) is 2.81. The van der Waals surface area contributed by atoms with Gasteiger partial charge >= 0.3 is 0 Å². The highest BCUT2D eigenvalue weighted by atomic mass is 32.1. The van der Waals surface area contributed by atoms with Crippen molar-refractivity contribution >= 4 is 22.8 Å². The number of hydrogen-bond acceptors (Lipinski definition) is 6. The number of thiazole rings is 1. The molecule has 4 aromatic rings. The third kappa shape index (κ3) is 3.44. The van der Waals surface area contributed by atoms with Gasteiger partial charge in [-0.1, -0.05) is 6.07 Å². The molecule has 0 aliphatic heterocycles. The van der Waals surface area contributed by atoms with Crippen molar-refractivity contribution in [1.82, 2.24) is 24.7 Å². The molecule has 0 saturated heterocycles. The van der Waals surface area contributed by atoms with Crippen molar-refractivity contribution in [2.24, 2.45) is 0 Å². The first kappa shape index (κ1) is 17.3. The maximum Gasteiger partial charge on any atom is 0.253 e. The Morgan fingerprint density at radius 3 is 3.04 bits per heavy atom. The Labute approximate surface area is 159 Å². The molecule has 0 saturated carbocycles.